The number of thioether (sulfide) groups is 1. The monoisotopic (exact) mass is 538 g/mol. The molecule has 7 nitrogen and oxygen atoms in total. The van der Waals surface area contributed by atoms with Crippen molar-refractivity contribution in [2.24, 2.45) is 11.8 Å². The fourth-order valence-corrected chi connectivity index (χ4v) is 8.46. The van der Waals surface area contributed by atoms with Crippen LogP contribution in [0.3, 0.4) is 0 Å². The number of aliphatic hydroxyl groups is 1. The van der Waals surface area contributed by atoms with E-state index in [1.165, 1.54) is 0 Å². The number of ether oxygens (including phenoxy) is 1. The van der Waals surface area contributed by atoms with Crippen molar-refractivity contribution >= 4 is 35.2 Å². The van der Waals surface area contributed by atoms with Crippen molar-refractivity contribution < 1.29 is 24.2 Å². The van der Waals surface area contributed by atoms with Gasteiger partial charge in [0.05, 0.1) is 23.2 Å². The normalized spacial score (nSPS) is 31.9. The summed E-state index contributed by atoms with van der Waals surface area (Å²) in [5.41, 5.74) is 2.92. The van der Waals surface area contributed by atoms with Crippen molar-refractivity contribution in [2.75, 3.05) is 31.2 Å². The van der Waals surface area contributed by atoms with Gasteiger partial charge in [-0.15, -0.1) is 11.8 Å². The molecule has 4 aliphatic heterocycles. The van der Waals surface area contributed by atoms with E-state index in [-0.39, 0.29) is 29.6 Å². The van der Waals surface area contributed by atoms with E-state index in [1.54, 1.807) is 21.6 Å². The number of carbonyl (C=O) groups excluding carboxylic acids is 3. The number of fused-ring (bicyclic) bond motifs is 2. The highest BCUT2D eigenvalue weighted by Crippen LogP contribution is 2.60. The predicted molar refractivity (Wildman–Crippen MR) is 149 cm³/mol. The number of hydrogen-bond acceptors (Lipinski definition) is 6. The van der Waals surface area contributed by atoms with Crippen LogP contribution < -0.4 is 4.90 Å². The number of aryl methyl sites for hydroxylation is 2. The maximum Gasteiger partial charge on any atom is 0.311 e. The lowest BCUT2D eigenvalue weighted by Crippen LogP contribution is -2.53. The Morgan fingerprint density at radius 3 is 2.74 bits per heavy atom. The summed E-state index contributed by atoms with van der Waals surface area (Å²) < 4.78 is 4.84. The lowest BCUT2D eigenvalue weighted by molar-refractivity contribution is -0.153. The maximum absolute atomic E-state index is 14.5. The molecule has 5 atom stereocenters. The molecule has 2 fully saturated rings. The molecular formula is C30H38N2O5S. The van der Waals surface area contributed by atoms with Crippen molar-refractivity contribution in [3.8, 4) is 0 Å². The number of likely N-dealkylation sites (tertiary alicyclic amines) is 1. The van der Waals surface area contributed by atoms with Crippen molar-refractivity contribution in [3.05, 3.63) is 53.6 Å². The highest BCUT2D eigenvalue weighted by molar-refractivity contribution is 8.02. The van der Waals surface area contributed by atoms with Gasteiger partial charge in [0.2, 0.25) is 5.91 Å². The molecule has 0 radical (unpaired) electrons. The van der Waals surface area contributed by atoms with Gasteiger partial charge in [0.15, 0.2) is 0 Å². The lowest BCUT2D eigenvalue weighted by Gasteiger charge is -2.35. The predicted octanol–water partition coefficient (Wildman–Crippen LogP) is 3.95. The standard InChI is InChI=1S/C30H38N2O5S/c1-20-12-13-21(2)22(19-20)31-16-10-14-30-25(24-23(38-30)11-6-3-4-9-18-37-29(24)36)27(34)32(26(30)28(31)35)15-7-5-8-17-33/h6,10-14,19,23-26,33H,3-5,7-9,15-18H2,1-2H3/b11-6-/t23-,24+,25-,26?,30-/m0/s1. The first-order valence-corrected chi connectivity index (χ1v) is 14.8. The second-order valence-corrected chi connectivity index (χ2v) is 12.4. The fraction of sp³-hybridized carbons (Fsp3) is 0.567. The van der Waals surface area contributed by atoms with Crippen molar-refractivity contribution in [2.45, 2.75) is 68.4 Å². The van der Waals surface area contributed by atoms with Crippen molar-refractivity contribution in [1.82, 2.24) is 4.90 Å². The summed E-state index contributed by atoms with van der Waals surface area (Å²) in [6.45, 7) is 5.31. The number of cyclic esters (lactones) is 1. The van der Waals surface area contributed by atoms with E-state index in [0.717, 1.165) is 42.5 Å². The van der Waals surface area contributed by atoms with E-state index < -0.39 is 22.6 Å². The summed E-state index contributed by atoms with van der Waals surface area (Å²) in [6, 6.07) is 5.38. The number of allylic oxidation sites excluding steroid dienone is 1. The average Bonchev–Trinajstić information content (AvgIpc) is 3.28. The Kier molecular flexibility index (Phi) is 8.00. The van der Waals surface area contributed by atoms with Gasteiger partial charge >= 0.3 is 5.97 Å². The van der Waals surface area contributed by atoms with Gasteiger partial charge in [-0.25, -0.2) is 0 Å². The SMILES string of the molecule is Cc1ccc(C)c(N2CC=C[C@]34S[C@H]5/C=C\CCCCOC(=O)[C@H]5[C@H]3C(=O)N(CCCCCO)C4C2=O)c1. The molecule has 8 heteroatoms. The first-order chi connectivity index (χ1) is 18.4. The van der Waals surface area contributed by atoms with Gasteiger partial charge < -0.3 is 19.6 Å². The smallest absolute Gasteiger partial charge is 0.311 e. The van der Waals surface area contributed by atoms with E-state index in [9.17, 15) is 19.5 Å². The molecule has 204 valence electrons. The zero-order valence-electron chi connectivity index (χ0n) is 22.3. The maximum atomic E-state index is 14.5. The molecule has 1 aromatic carbocycles. The van der Waals surface area contributed by atoms with Gasteiger partial charge in [-0.3, -0.25) is 14.4 Å². The summed E-state index contributed by atoms with van der Waals surface area (Å²) in [6.07, 6.45) is 13.0. The Hall–Kier alpha value is -2.58. The molecule has 0 bridgehead atoms. The zero-order chi connectivity index (χ0) is 26.9. The summed E-state index contributed by atoms with van der Waals surface area (Å²) in [5.74, 6) is -1.86. The number of rotatable bonds is 6. The summed E-state index contributed by atoms with van der Waals surface area (Å²) in [4.78, 5) is 45.7. The third-order valence-electron chi connectivity index (χ3n) is 8.31. The van der Waals surface area contributed by atoms with Gasteiger partial charge in [-0.2, -0.15) is 0 Å². The number of unbranched alkanes of at least 4 members (excludes halogenated alkanes) is 2. The molecule has 0 saturated carbocycles. The summed E-state index contributed by atoms with van der Waals surface area (Å²) in [5, 5.41) is 9.03. The Morgan fingerprint density at radius 2 is 1.92 bits per heavy atom. The number of aliphatic hydroxyl groups excluding tert-OH is 1. The van der Waals surface area contributed by atoms with E-state index in [1.807, 2.05) is 38.1 Å². The van der Waals surface area contributed by atoms with Gasteiger partial charge in [-0.1, -0.05) is 36.4 Å². The van der Waals surface area contributed by atoms with Crippen LogP contribution in [-0.4, -0.2) is 70.1 Å². The molecule has 2 amide bonds. The minimum atomic E-state index is -0.843. The second-order valence-electron chi connectivity index (χ2n) is 10.9. The molecule has 4 aliphatic rings. The largest absolute Gasteiger partial charge is 0.465 e. The van der Waals surface area contributed by atoms with E-state index >= 15 is 0 Å². The van der Waals surface area contributed by atoms with Crippen LogP contribution in [0.5, 0.6) is 0 Å². The quantitative estimate of drug-likeness (QED) is 0.335. The highest BCUT2D eigenvalue weighted by Gasteiger charge is 2.70. The molecular weight excluding hydrogens is 500 g/mol. The van der Waals surface area contributed by atoms with Gasteiger partial charge in [0.25, 0.3) is 5.91 Å². The van der Waals surface area contributed by atoms with Crippen molar-refractivity contribution in [1.29, 1.82) is 0 Å². The third kappa shape index (κ3) is 4.70. The minimum Gasteiger partial charge on any atom is -0.465 e. The molecule has 5 rings (SSSR count). The van der Waals surface area contributed by atoms with E-state index in [4.69, 9.17) is 4.74 Å². The Labute approximate surface area is 229 Å². The molecule has 1 spiro atoms. The molecule has 2 saturated heterocycles. The highest BCUT2D eigenvalue weighted by atomic mass is 32.2. The van der Waals surface area contributed by atoms with Crippen LogP contribution >= 0.6 is 11.8 Å². The van der Waals surface area contributed by atoms with Crippen LogP contribution in [-0.2, 0) is 19.1 Å². The Bertz CT molecular complexity index is 1150. The minimum absolute atomic E-state index is 0.101. The first kappa shape index (κ1) is 27.0. The van der Waals surface area contributed by atoms with Crippen molar-refractivity contribution in [3.63, 3.8) is 0 Å². The number of nitrogens with zero attached hydrogens (tertiary/aromatic N) is 2. The number of amides is 2. The molecule has 4 heterocycles. The third-order valence-corrected chi connectivity index (χ3v) is 10.1. The Morgan fingerprint density at radius 1 is 1.08 bits per heavy atom. The van der Waals surface area contributed by atoms with Gasteiger partial charge in [0, 0.05) is 30.6 Å². The van der Waals surface area contributed by atoms with Crippen LogP contribution in [0, 0.1) is 25.7 Å². The number of esters is 1. The molecule has 1 aromatic rings. The number of hydrogen-bond donors (Lipinski definition) is 1. The molecule has 1 N–H and O–H groups in total. The molecule has 0 aliphatic carbocycles. The zero-order valence-corrected chi connectivity index (χ0v) is 23.1. The van der Waals surface area contributed by atoms with Gasteiger partial charge in [0.1, 0.15) is 6.04 Å². The van der Waals surface area contributed by atoms with Crippen LogP contribution in [0.4, 0.5) is 5.69 Å². The number of carbonyl (C=O) groups is 3. The number of anilines is 1. The molecule has 38 heavy (non-hydrogen) atoms. The lowest BCUT2D eigenvalue weighted by atomic mass is 9.78. The fourth-order valence-electron chi connectivity index (χ4n) is 6.45. The second kappa shape index (κ2) is 11.3. The topological polar surface area (TPSA) is 87.2 Å². The molecule has 0 aromatic heterocycles. The summed E-state index contributed by atoms with van der Waals surface area (Å²) >= 11 is 1.59. The number of benzene rings is 1. The summed E-state index contributed by atoms with van der Waals surface area (Å²) in [7, 11) is 0. The average molecular weight is 539 g/mol. The van der Waals surface area contributed by atoms with Gasteiger partial charge in [-0.05, 0) is 69.6 Å². The van der Waals surface area contributed by atoms with Crippen LogP contribution in [0.15, 0.2) is 42.5 Å². The Balaban J connectivity index is 1.58. The van der Waals surface area contributed by atoms with Crippen LogP contribution in [0.2, 0.25) is 0 Å². The first-order valence-electron chi connectivity index (χ1n) is 13.9. The van der Waals surface area contributed by atoms with E-state index in [0.29, 0.717) is 32.5 Å². The van der Waals surface area contributed by atoms with Crippen LogP contribution in [0.25, 0.3) is 0 Å². The molecule has 1 unspecified atom stereocenters. The van der Waals surface area contributed by atoms with Crippen LogP contribution in [0.1, 0.15) is 49.7 Å². The van der Waals surface area contributed by atoms with E-state index in [2.05, 4.69) is 18.2 Å².